The van der Waals surface area contributed by atoms with E-state index in [2.05, 4.69) is 32.3 Å². The molecule has 0 amide bonds. The maximum Gasteiger partial charge on any atom is 0.0180 e. The molecule has 2 rings (SSSR count). The summed E-state index contributed by atoms with van der Waals surface area (Å²) in [7, 11) is 0. The Labute approximate surface area is 116 Å². The quantitative estimate of drug-likeness (QED) is 0.598. The van der Waals surface area contributed by atoms with Gasteiger partial charge in [-0.05, 0) is 43.4 Å². The van der Waals surface area contributed by atoms with E-state index in [4.69, 9.17) is 0 Å². The lowest BCUT2D eigenvalue weighted by atomic mass is 9.51. The van der Waals surface area contributed by atoms with Crippen LogP contribution in [-0.2, 0) is 0 Å². The zero-order valence-corrected chi connectivity index (χ0v) is 13.9. The van der Waals surface area contributed by atoms with Crippen molar-refractivity contribution in [1.82, 2.24) is 4.90 Å². The van der Waals surface area contributed by atoms with Gasteiger partial charge in [-0.25, -0.2) is 0 Å². The van der Waals surface area contributed by atoms with Gasteiger partial charge in [0.05, 0.1) is 0 Å². The van der Waals surface area contributed by atoms with E-state index in [1.165, 1.54) is 44.5 Å². The molecule has 1 heterocycles. The molecular formula is C17H35N. The Balaban J connectivity index is 0.000000659. The van der Waals surface area contributed by atoms with Crippen LogP contribution in [0.5, 0.6) is 0 Å². The van der Waals surface area contributed by atoms with Gasteiger partial charge in [0.1, 0.15) is 0 Å². The third-order valence-electron chi connectivity index (χ3n) is 4.07. The molecule has 1 aliphatic heterocycles. The first-order valence-electron chi connectivity index (χ1n) is 7.83. The highest BCUT2D eigenvalue weighted by molar-refractivity contribution is 5.03. The normalized spacial score (nSPS) is 22.9. The molecule has 108 valence electrons. The lowest BCUT2D eigenvalue weighted by Gasteiger charge is -2.57. The first kappa shape index (κ1) is 17.5. The van der Waals surface area contributed by atoms with Crippen LogP contribution < -0.4 is 0 Å². The number of rotatable bonds is 1. The van der Waals surface area contributed by atoms with Crippen molar-refractivity contribution in [3.05, 3.63) is 12.3 Å². The predicted molar refractivity (Wildman–Crippen MR) is 83.8 cm³/mol. The molecule has 18 heavy (non-hydrogen) atoms. The third kappa shape index (κ3) is 4.33. The SMILES string of the molecule is C=C(C)N1CCC2(CC1)CC(C)(C)C2.CC.CC. The van der Waals surface area contributed by atoms with E-state index < -0.39 is 0 Å². The molecule has 1 nitrogen and oxygen atoms in total. The van der Waals surface area contributed by atoms with Crippen molar-refractivity contribution < 1.29 is 0 Å². The second kappa shape index (κ2) is 7.21. The maximum atomic E-state index is 4.02. The Kier molecular flexibility index (Phi) is 7.02. The summed E-state index contributed by atoms with van der Waals surface area (Å²) in [5.41, 5.74) is 2.60. The Morgan fingerprint density at radius 1 is 0.944 bits per heavy atom. The summed E-state index contributed by atoms with van der Waals surface area (Å²) in [5, 5.41) is 0. The summed E-state index contributed by atoms with van der Waals surface area (Å²) in [6.07, 6.45) is 5.68. The van der Waals surface area contributed by atoms with Gasteiger partial charge in [0.25, 0.3) is 0 Å². The molecule has 2 aliphatic rings. The molecule has 0 radical (unpaired) electrons. The lowest BCUT2D eigenvalue weighted by molar-refractivity contribution is -0.0546. The van der Waals surface area contributed by atoms with Gasteiger partial charge in [0.2, 0.25) is 0 Å². The highest BCUT2D eigenvalue weighted by Crippen LogP contribution is 2.59. The first-order valence-corrected chi connectivity index (χ1v) is 7.83. The molecule has 0 unspecified atom stereocenters. The predicted octanol–water partition coefficient (Wildman–Crippen LogP) is 5.47. The summed E-state index contributed by atoms with van der Waals surface area (Å²) in [6.45, 7) is 21.4. The Morgan fingerprint density at radius 3 is 1.61 bits per heavy atom. The van der Waals surface area contributed by atoms with Crippen molar-refractivity contribution in [2.45, 2.75) is 74.1 Å². The van der Waals surface area contributed by atoms with E-state index >= 15 is 0 Å². The summed E-state index contributed by atoms with van der Waals surface area (Å²) in [4.78, 5) is 2.44. The molecule has 0 aromatic heterocycles. The van der Waals surface area contributed by atoms with Crippen molar-refractivity contribution >= 4 is 0 Å². The van der Waals surface area contributed by atoms with Gasteiger partial charge in [-0.3, -0.25) is 0 Å². The standard InChI is InChI=1S/C13H23N.2C2H6/c1-11(2)14-7-5-13(6-8-14)9-12(3,4)10-13;2*1-2/h1,5-10H2,2-4H3;2*1-2H3. The van der Waals surface area contributed by atoms with Gasteiger partial charge in [-0.15, -0.1) is 0 Å². The molecule has 0 N–H and O–H groups in total. The largest absolute Gasteiger partial charge is 0.375 e. The van der Waals surface area contributed by atoms with Crippen LogP contribution in [0.2, 0.25) is 0 Å². The summed E-state index contributed by atoms with van der Waals surface area (Å²) < 4.78 is 0. The van der Waals surface area contributed by atoms with Gasteiger partial charge >= 0.3 is 0 Å². The molecule has 0 aromatic rings. The highest BCUT2D eigenvalue weighted by Gasteiger charge is 2.49. The topological polar surface area (TPSA) is 3.24 Å². The monoisotopic (exact) mass is 253 g/mol. The van der Waals surface area contributed by atoms with Crippen LogP contribution in [0.25, 0.3) is 0 Å². The number of nitrogens with zero attached hydrogens (tertiary/aromatic N) is 1. The van der Waals surface area contributed by atoms with Crippen molar-refractivity contribution in [3.8, 4) is 0 Å². The van der Waals surface area contributed by atoms with Crippen molar-refractivity contribution in [1.29, 1.82) is 0 Å². The summed E-state index contributed by atoms with van der Waals surface area (Å²) in [6, 6.07) is 0. The second-order valence-electron chi connectivity index (χ2n) is 6.24. The molecule has 0 atom stereocenters. The summed E-state index contributed by atoms with van der Waals surface area (Å²) in [5.74, 6) is 0. The zero-order chi connectivity index (χ0) is 14.4. The van der Waals surface area contributed by atoms with E-state index in [-0.39, 0.29) is 0 Å². The second-order valence-corrected chi connectivity index (χ2v) is 6.24. The minimum absolute atomic E-state index is 0.630. The minimum Gasteiger partial charge on any atom is -0.375 e. The molecule has 1 saturated heterocycles. The van der Waals surface area contributed by atoms with Crippen molar-refractivity contribution in [3.63, 3.8) is 0 Å². The lowest BCUT2D eigenvalue weighted by Crippen LogP contribution is -2.49. The first-order chi connectivity index (χ1) is 8.43. The molecule has 0 bridgehead atoms. The number of hydrogen-bond donors (Lipinski definition) is 0. The smallest absolute Gasteiger partial charge is 0.0180 e. The summed E-state index contributed by atoms with van der Waals surface area (Å²) >= 11 is 0. The van der Waals surface area contributed by atoms with Crippen LogP contribution >= 0.6 is 0 Å². The number of allylic oxidation sites excluding steroid dienone is 1. The van der Waals surface area contributed by atoms with Crippen molar-refractivity contribution in [2.24, 2.45) is 10.8 Å². The van der Waals surface area contributed by atoms with E-state index in [1.54, 1.807) is 0 Å². The van der Waals surface area contributed by atoms with Crippen LogP contribution in [0.4, 0.5) is 0 Å². The number of hydrogen-bond acceptors (Lipinski definition) is 1. The molecule has 1 heteroatoms. The average molecular weight is 253 g/mol. The Hall–Kier alpha value is -0.460. The maximum absolute atomic E-state index is 4.02. The minimum atomic E-state index is 0.630. The molecule has 1 aliphatic carbocycles. The zero-order valence-electron chi connectivity index (χ0n) is 13.9. The van der Waals surface area contributed by atoms with E-state index in [0.717, 1.165) is 5.41 Å². The third-order valence-corrected chi connectivity index (χ3v) is 4.07. The van der Waals surface area contributed by atoms with E-state index in [1.807, 2.05) is 27.7 Å². The fraction of sp³-hybridized carbons (Fsp3) is 0.882. The van der Waals surface area contributed by atoms with Gasteiger partial charge in [0, 0.05) is 18.8 Å². The van der Waals surface area contributed by atoms with Crippen LogP contribution in [0.1, 0.15) is 74.1 Å². The van der Waals surface area contributed by atoms with Crippen LogP contribution in [0.3, 0.4) is 0 Å². The van der Waals surface area contributed by atoms with Gasteiger partial charge in [0.15, 0.2) is 0 Å². The molecular weight excluding hydrogens is 218 g/mol. The molecule has 2 fully saturated rings. The van der Waals surface area contributed by atoms with Crippen LogP contribution in [-0.4, -0.2) is 18.0 Å². The van der Waals surface area contributed by atoms with Crippen molar-refractivity contribution in [2.75, 3.05) is 13.1 Å². The van der Waals surface area contributed by atoms with Crippen LogP contribution in [0, 0.1) is 10.8 Å². The van der Waals surface area contributed by atoms with E-state index in [9.17, 15) is 0 Å². The fourth-order valence-electron chi connectivity index (χ4n) is 3.69. The van der Waals surface area contributed by atoms with E-state index in [0.29, 0.717) is 5.41 Å². The van der Waals surface area contributed by atoms with Gasteiger partial charge in [-0.1, -0.05) is 48.1 Å². The van der Waals surface area contributed by atoms with Gasteiger partial charge in [-0.2, -0.15) is 0 Å². The Bertz CT molecular complexity index is 234. The number of likely N-dealkylation sites (tertiary alicyclic amines) is 1. The van der Waals surface area contributed by atoms with Crippen LogP contribution in [0.15, 0.2) is 12.3 Å². The molecule has 1 saturated carbocycles. The number of piperidine rings is 1. The molecule has 0 aromatic carbocycles. The van der Waals surface area contributed by atoms with Gasteiger partial charge < -0.3 is 4.90 Å². The Morgan fingerprint density at radius 2 is 1.33 bits per heavy atom. The fourth-order valence-corrected chi connectivity index (χ4v) is 3.69. The average Bonchev–Trinajstić information content (AvgIpc) is 2.32. The highest BCUT2D eigenvalue weighted by atomic mass is 15.1. The molecule has 1 spiro atoms.